The van der Waals surface area contributed by atoms with Crippen LogP contribution in [-0.2, 0) is 4.79 Å². The third-order valence-corrected chi connectivity index (χ3v) is 2.80. The number of hydrogen-bond donors (Lipinski definition) is 1. The number of hydrogen-bond acceptors (Lipinski definition) is 3. The molecule has 0 saturated heterocycles. The second-order valence-electron chi connectivity index (χ2n) is 3.82. The molecule has 4 heteroatoms. The molecule has 1 aliphatic rings. The maximum atomic E-state index is 12.1. The van der Waals surface area contributed by atoms with Gasteiger partial charge in [-0.25, -0.2) is 0 Å². The number of amides is 1. The van der Waals surface area contributed by atoms with Crippen LogP contribution in [-0.4, -0.2) is 32.1 Å². The highest BCUT2D eigenvalue weighted by Crippen LogP contribution is 2.31. The number of carbonyl (C=O) groups excluding carboxylic acids is 1. The lowest BCUT2D eigenvalue weighted by Crippen LogP contribution is -2.47. The molecule has 1 aromatic rings. The molecular formula is C12H16N2O2. The van der Waals surface area contributed by atoms with Crippen LogP contribution in [0.4, 0.5) is 5.69 Å². The average Bonchev–Trinajstić information content (AvgIpc) is 2.36. The molecule has 1 atom stereocenters. The number of nitrogens with one attached hydrogen (secondary N) is 1. The van der Waals surface area contributed by atoms with Gasteiger partial charge in [-0.05, 0) is 26.1 Å². The van der Waals surface area contributed by atoms with Crippen LogP contribution in [0.3, 0.4) is 0 Å². The van der Waals surface area contributed by atoms with E-state index in [-0.39, 0.29) is 11.9 Å². The van der Waals surface area contributed by atoms with E-state index in [1.807, 2.05) is 31.2 Å². The molecule has 1 heterocycles. The zero-order valence-corrected chi connectivity index (χ0v) is 9.56. The van der Waals surface area contributed by atoms with Crippen molar-refractivity contribution in [1.29, 1.82) is 0 Å². The first-order chi connectivity index (χ1) is 7.74. The van der Waals surface area contributed by atoms with Gasteiger partial charge in [-0.2, -0.15) is 0 Å². The van der Waals surface area contributed by atoms with Gasteiger partial charge >= 0.3 is 0 Å². The van der Waals surface area contributed by atoms with Crippen LogP contribution in [0.1, 0.15) is 6.92 Å². The molecule has 1 amide bonds. The maximum absolute atomic E-state index is 12.1. The fraction of sp³-hybridized carbons (Fsp3) is 0.417. The van der Waals surface area contributed by atoms with Crippen LogP contribution in [0, 0.1) is 0 Å². The Balaban J connectivity index is 2.28. The molecule has 0 aliphatic carbocycles. The second-order valence-corrected chi connectivity index (χ2v) is 3.82. The van der Waals surface area contributed by atoms with Gasteiger partial charge in [0.2, 0.25) is 5.91 Å². The van der Waals surface area contributed by atoms with Gasteiger partial charge < -0.3 is 15.0 Å². The highest BCUT2D eigenvalue weighted by atomic mass is 16.5. The summed E-state index contributed by atoms with van der Waals surface area (Å²) in [5.74, 6) is 0.864. The van der Waals surface area contributed by atoms with Crippen molar-refractivity contribution in [1.82, 2.24) is 5.32 Å². The Morgan fingerprint density at radius 3 is 3.00 bits per heavy atom. The van der Waals surface area contributed by atoms with Gasteiger partial charge in [-0.15, -0.1) is 0 Å². The molecule has 1 aliphatic heterocycles. The lowest BCUT2D eigenvalue weighted by atomic mass is 10.2. The van der Waals surface area contributed by atoms with E-state index in [9.17, 15) is 4.79 Å². The van der Waals surface area contributed by atoms with Crippen LogP contribution >= 0.6 is 0 Å². The van der Waals surface area contributed by atoms with E-state index in [0.717, 1.165) is 11.4 Å². The standard InChI is InChI=1S/C12H16N2O2/c1-9(13-2)12(15)14-7-8-16-11-6-4-3-5-10(11)14/h3-6,9,13H,7-8H2,1-2H3. The van der Waals surface area contributed by atoms with Gasteiger partial charge in [-0.3, -0.25) is 4.79 Å². The quantitative estimate of drug-likeness (QED) is 0.809. The summed E-state index contributed by atoms with van der Waals surface area (Å²) < 4.78 is 5.50. The summed E-state index contributed by atoms with van der Waals surface area (Å²) in [6, 6.07) is 7.45. The Labute approximate surface area is 95.2 Å². The minimum atomic E-state index is -0.175. The normalized spacial score (nSPS) is 16.2. The smallest absolute Gasteiger partial charge is 0.244 e. The number of rotatable bonds is 2. The van der Waals surface area contributed by atoms with Crippen LogP contribution in [0.5, 0.6) is 5.75 Å². The molecule has 4 nitrogen and oxygen atoms in total. The van der Waals surface area contributed by atoms with Crippen molar-refractivity contribution in [3.63, 3.8) is 0 Å². The first-order valence-corrected chi connectivity index (χ1v) is 5.44. The Morgan fingerprint density at radius 1 is 1.50 bits per heavy atom. The number of anilines is 1. The number of ether oxygens (including phenoxy) is 1. The third-order valence-electron chi connectivity index (χ3n) is 2.80. The van der Waals surface area contributed by atoms with E-state index in [2.05, 4.69) is 5.32 Å². The van der Waals surface area contributed by atoms with Gasteiger partial charge in [0.15, 0.2) is 0 Å². The van der Waals surface area contributed by atoms with Crippen LogP contribution in [0.25, 0.3) is 0 Å². The van der Waals surface area contributed by atoms with Gasteiger partial charge in [0.25, 0.3) is 0 Å². The monoisotopic (exact) mass is 220 g/mol. The van der Waals surface area contributed by atoms with Crippen molar-refractivity contribution in [2.24, 2.45) is 0 Å². The predicted octanol–water partition coefficient (Wildman–Crippen LogP) is 1.02. The van der Waals surface area contributed by atoms with Crippen molar-refractivity contribution < 1.29 is 9.53 Å². The van der Waals surface area contributed by atoms with Crippen molar-refractivity contribution in [3.8, 4) is 5.75 Å². The van der Waals surface area contributed by atoms with E-state index < -0.39 is 0 Å². The zero-order valence-electron chi connectivity index (χ0n) is 9.56. The Morgan fingerprint density at radius 2 is 2.25 bits per heavy atom. The highest BCUT2D eigenvalue weighted by Gasteiger charge is 2.25. The fourth-order valence-corrected chi connectivity index (χ4v) is 1.76. The Bertz CT molecular complexity index is 392. The van der Waals surface area contributed by atoms with Gasteiger partial charge in [0, 0.05) is 0 Å². The number of likely N-dealkylation sites (N-methyl/N-ethyl adjacent to an activating group) is 1. The molecule has 86 valence electrons. The second kappa shape index (κ2) is 4.53. The van der Waals surface area contributed by atoms with Gasteiger partial charge in [0.1, 0.15) is 12.4 Å². The lowest BCUT2D eigenvalue weighted by molar-refractivity contribution is -0.120. The summed E-state index contributed by atoms with van der Waals surface area (Å²) in [6.45, 7) is 3.03. The summed E-state index contributed by atoms with van der Waals surface area (Å²) in [5.41, 5.74) is 0.862. The number of nitrogens with zero attached hydrogens (tertiary/aromatic N) is 1. The minimum Gasteiger partial charge on any atom is -0.490 e. The summed E-state index contributed by atoms with van der Waals surface area (Å²) in [4.78, 5) is 13.9. The van der Waals surface area contributed by atoms with Crippen molar-refractivity contribution >= 4 is 11.6 Å². The molecule has 2 rings (SSSR count). The Hall–Kier alpha value is -1.55. The van der Waals surface area contributed by atoms with E-state index in [1.165, 1.54) is 0 Å². The first-order valence-electron chi connectivity index (χ1n) is 5.44. The van der Waals surface area contributed by atoms with Crippen molar-refractivity contribution in [2.45, 2.75) is 13.0 Å². The number of benzene rings is 1. The third kappa shape index (κ3) is 1.88. The van der Waals surface area contributed by atoms with Crippen LogP contribution in [0.15, 0.2) is 24.3 Å². The van der Waals surface area contributed by atoms with E-state index in [0.29, 0.717) is 13.2 Å². The van der Waals surface area contributed by atoms with Crippen LogP contribution in [0.2, 0.25) is 0 Å². The highest BCUT2D eigenvalue weighted by molar-refractivity contribution is 5.98. The molecule has 1 aromatic carbocycles. The van der Waals surface area contributed by atoms with Gasteiger partial charge in [-0.1, -0.05) is 12.1 Å². The largest absolute Gasteiger partial charge is 0.490 e. The topological polar surface area (TPSA) is 41.6 Å². The maximum Gasteiger partial charge on any atom is 0.244 e. The summed E-state index contributed by atoms with van der Waals surface area (Å²) in [6.07, 6.45) is 0. The number of carbonyl (C=O) groups is 1. The number of para-hydroxylation sites is 2. The molecule has 0 spiro atoms. The molecule has 0 aromatic heterocycles. The molecule has 1 N–H and O–H groups in total. The molecule has 16 heavy (non-hydrogen) atoms. The summed E-state index contributed by atoms with van der Waals surface area (Å²) >= 11 is 0. The van der Waals surface area contributed by atoms with E-state index in [4.69, 9.17) is 4.74 Å². The average molecular weight is 220 g/mol. The Kier molecular flexibility index (Phi) is 3.10. The summed E-state index contributed by atoms with van der Waals surface area (Å²) in [7, 11) is 1.79. The van der Waals surface area contributed by atoms with Gasteiger partial charge in [0.05, 0.1) is 18.3 Å². The van der Waals surface area contributed by atoms with Crippen LogP contribution < -0.4 is 15.0 Å². The molecular weight excluding hydrogens is 204 g/mol. The van der Waals surface area contributed by atoms with Crippen molar-refractivity contribution in [2.75, 3.05) is 25.1 Å². The minimum absolute atomic E-state index is 0.0817. The summed E-state index contributed by atoms with van der Waals surface area (Å²) in [5, 5.41) is 2.96. The molecule has 1 unspecified atom stereocenters. The van der Waals surface area contributed by atoms with Crippen molar-refractivity contribution in [3.05, 3.63) is 24.3 Å². The SMILES string of the molecule is CNC(C)C(=O)N1CCOc2ccccc21. The molecule has 0 fully saturated rings. The predicted molar refractivity (Wildman–Crippen MR) is 62.8 cm³/mol. The first kappa shape index (κ1) is 11.0. The molecule has 0 radical (unpaired) electrons. The van der Waals surface area contributed by atoms with E-state index >= 15 is 0 Å². The lowest BCUT2D eigenvalue weighted by Gasteiger charge is -2.31. The molecule has 0 bridgehead atoms. The molecule has 0 saturated carbocycles. The fourth-order valence-electron chi connectivity index (χ4n) is 1.76. The zero-order chi connectivity index (χ0) is 11.5. The van der Waals surface area contributed by atoms with E-state index in [1.54, 1.807) is 11.9 Å². The number of fused-ring (bicyclic) bond motifs is 1.